The van der Waals surface area contributed by atoms with E-state index in [0.717, 1.165) is 24.2 Å². The molecule has 1 saturated carbocycles. The van der Waals surface area contributed by atoms with Gasteiger partial charge < -0.3 is 20.1 Å². The summed E-state index contributed by atoms with van der Waals surface area (Å²) in [5.41, 5.74) is 1.14. The van der Waals surface area contributed by atoms with E-state index in [1.165, 1.54) is 0 Å². The predicted octanol–water partition coefficient (Wildman–Crippen LogP) is 1.14. The van der Waals surface area contributed by atoms with Crippen molar-refractivity contribution < 1.29 is 19.1 Å². The zero-order valence-electron chi connectivity index (χ0n) is 14.3. The maximum atomic E-state index is 12.1. The van der Waals surface area contributed by atoms with Gasteiger partial charge >= 0.3 is 0 Å². The third kappa shape index (κ3) is 5.53. The van der Waals surface area contributed by atoms with Crippen LogP contribution in [0.5, 0.6) is 5.75 Å². The molecular formula is C18H26N2O4. The molecule has 2 amide bonds. The highest BCUT2D eigenvalue weighted by Gasteiger charge is 2.47. The molecule has 1 fully saturated rings. The lowest BCUT2D eigenvalue weighted by Crippen LogP contribution is -2.31. The Kier molecular flexibility index (Phi) is 7.06. The van der Waals surface area contributed by atoms with Crippen LogP contribution in [-0.2, 0) is 20.7 Å². The number of benzene rings is 1. The first kappa shape index (κ1) is 18.3. The van der Waals surface area contributed by atoms with Gasteiger partial charge in [0, 0.05) is 26.8 Å². The summed E-state index contributed by atoms with van der Waals surface area (Å²) in [4.78, 5) is 24.0. The predicted molar refractivity (Wildman–Crippen MR) is 90.8 cm³/mol. The molecule has 6 heteroatoms. The van der Waals surface area contributed by atoms with E-state index < -0.39 is 0 Å². The van der Waals surface area contributed by atoms with Crippen LogP contribution in [-0.4, -0.2) is 45.7 Å². The second-order valence-electron chi connectivity index (χ2n) is 5.98. The Labute approximate surface area is 142 Å². The molecule has 2 unspecified atom stereocenters. The van der Waals surface area contributed by atoms with Gasteiger partial charge in [-0.25, -0.2) is 0 Å². The molecule has 1 aliphatic rings. The molecule has 0 heterocycles. The van der Waals surface area contributed by atoms with Crippen LogP contribution in [0.2, 0.25) is 0 Å². The number of hydrogen-bond donors (Lipinski definition) is 2. The molecule has 0 aliphatic heterocycles. The molecule has 0 aromatic heterocycles. The fraction of sp³-hybridized carbons (Fsp3) is 0.556. The maximum Gasteiger partial charge on any atom is 0.223 e. The van der Waals surface area contributed by atoms with Gasteiger partial charge in [-0.1, -0.05) is 12.1 Å². The molecule has 2 atom stereocenters. The smallest absolute Gasteiger partial charge is 0.223 e. The van der Waals surface area contributed by atoms with Gasteiger partial charge in [-0.05, 0) is 37.0 Å². The average Bonchev–Trinajstić information content (AvgIpc) is 3.40. The first-order valence-electron chi connectivity index (χ1n) is 8.33. The molecule has 1 aromatic rings. The Morgan fingerprint density at radius 1 is 1.04 bits per heavy atom. The van der Waals surface area contributed by atoms with E-state index in [1.807, 2.05) is 24.3 Å². The number of carbonyl (C=O) groups excluding carboxylic acids is 2. The zero-order chi connectivity index (χ0) is 17.4. The minimum atomic E-state index is -0.178. The summed E-state index contributed by atoms with van der Waals surface area (Å²) in [6.07, 6.45) is 2.19. The molecule has 132 valence electrons. The Bertz CT molecular complexity index is 544. The number of ether oxygens (including phenoxy) is 2. The second-order valence-corrected chi connectivity index (χ2v) is 5.98. The quantitative estimate of drug-likeness (QED) is 0.629. The van der Waals surface area contributed by atoms with E-state index in [-0.39, 0.29) is 23.7 Å². The molecule has 1 aromatic carbocycles. The van der Waals surface area contributed by atoms with Crippen LogP contribution in [0.3, 0.4) is 0 Å². The molecule has 2 N–H and O–H groups in total. The van der Waals surface area contributed by atoms with Crippen molar-refractivity contribution in [2.45, 2.75) is 19.3 Å². The molecular weight excluding hydrogens is 308 g/mol. The molecule has 0 radical (unpaired) electrons. The lowest BCUT2D eigenvalue weighted by molar-refractivity contribution is -0.127. The topological polar surface area (TPSA) is 76.7 Å². The van der Waals surface area contributed by atoms with Gasteiger partial charge in [-0.15, -0.1) is 0 Å². The van der Waals surface area contributed by atoms with E-state index in [1.54, 1.807) is 14.2 Å². The third-order valence-electron chi connectivity index (χ3n) is 4.16. The Balaban J connectivity index is 1.62. The van der Waals surface area contributed by atoms with Crippen molar-refractivity contribution in [3.63, 3.8) is 0 Å². The maximum absolute atomic E-state index is 12.1. The summed E-state index contributed by atoms with van der Waals surface area (Å²) < 4.78 is 10.0. The van der Waals surface area contributed by atoms with Gasteiger partial charge in [0.25, 0.3) is 0 Å². The summed E-state index contributed by atoms with van der Waals surface area (Å²) in [6, 6.07) is 7.78. The Morgan fingerprint density at radius 2 is 1.67 bits per heavy atom. The van der Waals surface area contributed by atoms with E-state index in [4.69, 9.17) is 9.47 Å². The highest BCUT2D eigenvalue weighted by Crippen LogP contribution is 2.38. The van der Waals surface area contributed by atoms with Crippen LogP contribution >= 0.6 is 0 Å². The van der Waals surface area contributed by atoms with Crippen molar-refractivity contribution in [3.05, 3.63) is 29.8 Å². The van der Waals surface area contributed by atoms with Gasteiger partial charge in [0.2, 0.25) is 11.8 Å². The molecule has 1 aliphatic carbocycles. The molecule has 6 nitrogen and oxygen atoms in total. The average molecular weight is 334 g/mol. The molecule has 0 saturated heterocycles. The number of nitrogens with one attached hydrogen (secondary N) is 2. The largest absolute Gasteiger partial charge is 0.497 e. The SMILES string of the molecule is COCCCNC(=O)C1CC1C(=O)NCCc1ccc(OC)cc1. The summed E-state index contributed by atoms with van der Waals surface area (Å²) in [5.74, 6) is 0.416. The number of methoxy groups -OCH3 is 2. The minimum Gasteiger partial charge on any atom is -0.497 e. The van der Waals surface area contributed by atoms with E-state index in [9.17, 15) is 9.59 Å². The Morgan fingerprint density at radius 3 is 2.25 bits per heavy atom. The summed E-state index contributed by atoms with van der Waals surface area (Å²) >= 11 is 0. The molecule has 2 rings (SSSR count). The molecule has 0 bridgehead atoms. The highest BCUT2D eigenvalue weighted by molar-refractivity contribution is 5.92. The lowest BCUT2D eigenvalue weighted by atomic mass is 10.1. The first-order chi connectivity index (χ1) is 11.7. The van der Waals surface area contributed by atoms with Crippen molar-refractivity contribution in [2.24, 2.45) is 11.8 Å². The van der Waals surface area contributed by atoms with Gasteiger partial charge in [0.15, 0.2) is 0 Å². The van der Waals surface area contributed by atoms with Crippen molar-refractivity contribution in [1.82, 2.24) is 10.6 Å². The van der Waals surface area contributed by atoms with E-state index in [0.29, 0.717) is 26.1 Å². The van der Waals surface area contributed by atoms with Crippen LogP contribution in [0.15, 0.2) is 24.3 Å². The van der Waals surface area contributed by atoms with Gasteiger partial charge in [-0.3, -0.25) is 9.59 Å². The molecule has 0 spiro atoms. The van der Waals surface area contributed by atoms with Crippen LogP contribution in [0.1, 0.15) is 18.4 Å². The van der Waals surface area contributed by atoms with E-state index in [2.05, 4.69) is 10.6 Å². The highest BCUT2D eigenvalue weighted by atomic mass is 16.5. The fourth-order valence-corrected chi connectivity index (χ4v) is 2.59. The second kappa shape index (κ2) is 9.27. The summed E-state index contributed by atoms with van der Waals surface area (Å²) in [6.45, 7) is 1.79. The summed E-state index contributed by atoms with van der Waals surface area (Å²) in [5, 5.41) is 5.76. The minimum absolute atomic E-state index is 0.0265. The van der Waals surface area contributed by atoms with Crippen molar-refractivity contribution in [1.29, 1.82) is 0 Å². The van der Waals surface area contributed by atoms with Crippen LogP contribution in [0.4, 0.5) is 0 Å². The first-order valence-corrected chi connectivity index (χ1v) is 8.33. The number of hydrogen-bond acceptors (Lipinski definition) is 4. The van der Waals surface area contributed by atoms with Crippen LogP contribution in [0, 0.1) is 11.8 Å². The number of carbonyl (C=O) groups is 2. The number of rotatable bonds is 10. The van der Waals surface area contributed by atoms with Crippen molar-refractivity contribution >= 4 is 11.8 Å². The monoisotopic (exact) mass is 334 g/mol. The van der Waals surface area contributed by atoms with Gasteiger partial charge in [-0.2, -0.15) is 0 Å². The summed E-state index contributed by atoms with van der Waals surface area (Å²) in [7, 11) is 3.27. The van der Waals surface area contributed by atoms with Crippen molar-refractivity contribution in [2.75, 3.05) is 33.9 Å². The number of amides is 2. The fourth-order valence-electron chi connectivity index (χ4n) is 2.59. The van der Waals surface area contributed by atoms with Gasteiger partial charge in [0.05, 0.1) is 18.9 Å². The van der Waals surface area contributed by atoms with E-state index >= 15 is 0 Å². The standard InChI is InChI=1S/C18H26N2O4/c1-23-11-3-9-19-17(21)15-12-16(15)18(22)20-10-8-13-4-6-14(24-2)7-5-13/h4-7,15-16H,3,8-12H2,1-2H3,(H,19,21)(H,20,22). The zero-order valence-corrected chi connectivity index (χ0v) is 14.3. The lowest BCUT2D eigenvalue weighted by Gasteiger charge is -2.07. The van der Waals surface area contributed by atoms with Crippen molar-refractivity contribution in [3.8, 4) is 5.75 Å². The third-order valence-corrected chi connectivity index (χ3v) is 4.16. The van der Waals surface area contributed by atoms with Crippen LogP contribution in [0.25, 0.3) is 0 Å². The normalized spacial score (nSPS) is 18.8. The Hall–Kier alpha value is -2.08. The van der Waals surface area contributed by atoms with Gasteiger partial charge in [0.1, 0.15) is 5.75 Å². The molecule has 24 heavy (non-hydrogen) atoms. The van der Waals surface area contributed by atoms with Crippen LogP contribution < -0.4 is 15.4 Å².